The van der Waals surface area contributed by atoms with Gasteiger partial charge in [0.25, 0.3) is 0 Å². The number of aryl methyl sites for hydroxylation is 1. The highest BCUT2D eigenvalue weighted by molar-refractivity contribution is 5.93. The summed E-state index contributed by atoms with van der Waals surface area (Å²) in [6.45, 7) is 6.14. The lowest BCUT2D eigenvalue weighted by Gasteiger charge is -2.30. The number of fused-ring (bicyclic) bond motifs is 1. The number of amides is 3. The zero-order chi connectivity index (χ0) is 26.4. The van der Waals surface area contributed by atoms with Crippen LogP contribution in [0.5, 0.6) is 5.75 Å². The van der Waals surface area contributed by atoms with Crippen LogP contribution in [0.25, 0.3) is 0 Å². The van der Waals surface area contributed by atoms with E-state index in [-0.39, 0.29) is 42.6 Å². The number of nitrogens with one attached hydrogen (secondary N) is 3. The molecule has 1 heterocycles. The molecule has 0 saturated heterocycles. The second-order valence-corrected chi connectivity index (χ2v) is 10.2. The number of hydrogen-bond acceptors (Lipinski definition) is 5. The Morgan fingerprint density at radius 2 is 1.83 bits per heavy atom. The van der Waals surface area contributed by atoms with Crippen molar-refractivity contribution in [2.24, 2.45) is 11.8 Å². The van der Waals surface area contributed by atoms with Gasteiger partial charge >= 0.3 is 0 Å². The van der Waals surface area contributed by atoms with Crippen LogP contribution < -0.4 is 20.7 Å². The number of rotatable bonds is 3. The van der Waals surface area contributed by atoms with Gasteiger partial charge in [-0.05, 0) is 62.5 Å². The Hall–Kier alpha value is -2.75. The van der Waals surface area contributed by atoms with Crippen molar-refractivity contribution < 1.29 is 27.9 Å². The van der Waals surface area contributed by atoms with Crippen molar-refractivity contribution in [1.29, 1.82) is 0 Å². The van der Waals surface area contributed by atoms with Crippen LogP contribution in [0, 0.1) is 23.5 Å². The summed E-state index contributed by atoms with van der Waals surface area (Å²) in [7, 11) is 1.57. The van der Waals surface area contributed by atoms with Crippen molar-refractivity contribution in [3.05, 3.63) is 29.3 Å². The average Bonchev–Trinajstić information content (AvgIpc) is 3.67. The molecule has 1 fully saturated rings. The molecule has 0 aromatic heterocycles. The van der Waals surface area contributed by atoms with Crippen LogP contribution in [0.1, 0.15) is 52.0 Å². The summed E-state index contributed by atoms with van der Waals surface area (Å²) < 4.78 is 34.0. The van der Waals surface area contributed by atoms with E-state index in [4.69, 9.17) is 4.74 Å². The summed E-state index contributed by atoms with van der Waals surface area (Å²) in [6.07, 6.45) is 3.06. The molecule has 0 spiro atoms. The molecule has 0 radical (unpaired) electrons. The van der Waals surface area contributed by atoms with E-state index in [2.05, 4.69) is 16.0 Å². The Kier molecular flexibility index (Phi) is 9.64. The molecule has 10 heteroatoms. The fourth-order valence-electron chi connectivity index (χ4n) is 4.37. The zero-order valence-electron chi connectivity index (χ0n) is 21.5. The van der Waals surface area contributed by atoms with Crippen LogP contribution in [0.4, 0.5) is 8.78 Å². The Morgan fingerprint density at radius 1 is 1.11 bits per heavy atom. The van der Waals surface area contributed by atoms with Crippen LogP contribution in [0.2, 0.25) is 0 Å². The summed E-state index contributed by atoms with van der Waals surface area (Å²) in [6, 6.07) is 0.506. The number of carbonyl (C=O) groups excluding carboxylic acids is 3. The van der Waals surface area contributed by atoms with Gasteiger partial charge < -0.3 is 25.6 Å². The van der Waals surface area contributed by atoms with E-state index in [1.54, 1.807) is 14.0 Å². The van der Waals surface area contributed by atoms with E-state index in [1.807, 2.05) is 13.8 Å². The van der Waals surface area contributed by atoms with Gasteiger partial charge in [-0.25, -0.2) is 4.39 Å². The van der Waals surface area contributed by atoms with Crippen LogP contribution >= 0.6 is 0 Å². The molecule has 1 aliphatic carbocycles. The summed E-state index contributed by atoms with van der Waals surface area (Å²) in [5.74, 6) is -2.84. The lowest BCUT2D eigenvalue weighted by atomic mass is 10.0. The van der Waals surface area contributed by atoms with Gasteiger partial charge in [-0.2, -0.15) is 4.39 Å². The van der Waals surface area contributed by atoms with Crippen molar-refractivity contribution in [1.82, 2.24) is 20.9 Å². The van der Waals surface area contributed by atoms with Crippen molar-refractivity contribution in [2.45, 2.75) is 71.0 Å². The first-order chi connectivity index (χ1) is 17.1. The van der Waals surface area contributed by atoms with Crippen molar-refractivity contribution in [3.63, 3.8) is 0 Å². The minimum absolute atomic E-state index is 0.0389. The third kappa shape index (κ3) is 7.15. The van der Waals surface area contributed by atoms with Gasteiger partial charge in [0.15, 0.2) is 11.6 Å². The molecule has 200 valence electrons. The molecule has 0 bridgehead atoms. The Balaban J connectivity index is 1.84. The molecule has 1 aromatic carbocycles. The summed E-state index contributed by atoms with van der Waals surface area (Å²) >= 11 is 0. The molecular weight excluding hydrogens is 470 g/mol. The lowest BCUT2D eigenvalue weighted by Crippen LogP contribution is -2.56. The number of ether oxygens (including phenoxy) is 1. The van der Waals surface area contributed by atoms with Gasteiger partial charge in [-0.15, -0.1) is 0 Å². The number of carbonyl (C=O) groups is 3. The molecule has 1 aliphatic heterocycles. The van der Waals surface area contributed by atoms with Crippen molar-refractivity contribution >= 4 is 17.7 Å². The largest absolute Gasteiger partial charge is 0.489 e. The van der Waals surface area contributed by atoms with Crippen LogP contribution in [0.15, 0.2) is 12.1 Å². The zero-order valence-corrected chi connectivity index (χ0v) is 21.5. The fourth-order valence-corrected chi connectivity index (χ4v) is 4.37. The molecule has 3 rings (SSSR count). The Bertz CT molecular complexity index is 954. The van der Waals surface area contributed by atoms with E-state index in [9.17, 15) is 23.2 Å². The number of benzene rings is 1. The van der Waals surface area contributed by atoms with Gasteiger partial charge in [0.1, 0.15) is 18.7 Å². The fraction of sp³-hybridized carbons (Fsp3) is 0.654. The van der Waals surface area contributed by atoms with Gasteiger partial charge in [0, 0.05) is 20.1 Å². The SMILES string of the molecule is CC(C)C[C@H]1NC(=O)[C@@H](C)N(C)C(=O)[C@H](C2CC2)NCCOc2c(ccc(F)c2F)CCCNC1=O. The molecule has 3 amide bonds. The summed E-state index contributed by atoms with van der Waals surface area (Å²) in [5.41, 5.74) is 0.500. The molecule has 8 nitrogen and oxygen atoms in total. The highest BCUT2D eigenvalue weighted by atomic mass is 19.2. The predicted molar refractivity (Wildman–Crippen MR) is 131 cm³/mol. The van der Waals surface area contributed by atoms with Crippen LogP contribution in [-0.4, -0.2) is 67.5 Å². The summed E-state index contributed by atoms with van der Waals surface area (Å²) in [4.78, 5) is 40.5. The van der Waals surface area contributed by atoms with E-state index in [0.717, 1.165) is 18.9 Å². The van der Waals surface area contributed by atoms with E-state index in [1.165, 1.54) is 11.0 Å². The number of likely N-dealkylation sites (N-methyl/N-ethyl adjacent to an activating group) is 1. The maximum atomic E-state index is 14.5. The van der Waals surface area contributed by atoms with Crippen molar-refractivity contribution in [2.75, 3.05) is 26.7 Å². The number of halogens is 2. The molecule has 2 aliphatic rings. The topological polar surface area (TPSA) is 99.8 Å². The van der Waals surface area contributed by atoms with Gasteiger partial charge in [0.2, 0.25) is 23.5 Å². The van der Waals surface area contributed by atoms with Gasteiger partial charge in [-0.3, -0.25) is 14.4 Å². The standard InChI is InChI=1S/C26H38F2N4O4/c1-15(2)14-20-25(34)30-11-5-6-18-9-10-19(27)21(28)23(18)36-13-12-29-22(17-7-8-17)26(35)32(4)16(3)24(33)31-20/h9-10,15-17,20,22,29H,5-8,11-14H2,1-4H3,(H,30,34)(H,31,33)/t16-,20-,22+/m1/s1. The second kappa shape index (κ2) is 12.5. The van der Waals surface area contributed by atoms with Crippen LogP contribution in [0.3, 0.4) is 0 Å². The molecule has 3 N–H and O–H groups in total. The van der Waals surface area contributed by atoms with E-state index >= 15 is 0 Å². The predicted octanol–water partition coefficient (Wildman–Crippen LogP) is 2.15. The molecular formula is C26H38F2N4O4. The number of nitrogens with zero attached hydrogens (tertiary/aromatic N) is 1. The monoisotopic (exact) mass is 508 g/mol. The first kappa shape index (κ1) is 27.8. The van der Waals surface area contributed by atoms with Crippen LogP contribution in [-0.2, 0) is 20.8 Å². The highest BCUT2D eigenvalue weighted by Gasteiger charge is 2.39. The average molecular weight is 509 g/mol. The molecule has 36 heavy (non-hydrogen) atoms. The molecule has 3 atom stereocenters. The Morgan fingerprint density at radius 3 is 2.50 bits per heavy atom. The van der Waals surface area contributed by atoms with E-state index < -0.39 is 35.7 Å². The molecule has 1 aromatic rings. The number of hydrogen-bond donors (Lipinski definition) is 3. The third-order valence-electron chi connectivity index (χ3n) is 6.77. The van der Waals surface area contributed by atoms with Gasteiger partial charge in [-0.1, -0.05) is 19.9 Å². The van der Waals surface area contributed by atoms with Crippen molar-refractivity contribution in [3.8, 4) is 5.75 Å². The Labute approximate surface area is 211 Å². The van der Waals surface area contributed by atoms with Gasteiger partial charge in [0.05, 0.1) is 6.04 Å². The van der Waals surface area contributed by atoms with E-state index in [0.29, 0.717) is 31.4 Å². The first-order valence-corrected chi connectivity index (χ1v) is 12.8. The molecule has 0 unspecified atom stereocenters. The maximum Gasteiger partial charge on any atom is 0.243 e. The second-order valence-electron chi connectivity index (χ2n) is 10.2. The molecule has 1 saturated carbocycles. The smallest absolute Gasteiger partial charge is 0.243 e. The highest BCUT2D eigenvalue weighted by Crippen LogP contribution is 2.33. The minimum Gasteiger partial charge on any atom is -0.489 e. The first-order valence-electron chi connectivity index (χ1n) is 12.8. The summed E-state index contributed by atoms with van der Waals surface area (Å²) in [5, 5.41) is 8.83. The quantitative estimate of drug-likeness (QED) is 0.581. The normalized spacial score (nSPS) is 25.4. The minimum atomic E-state index is -1.05. The maximum absolute atomic E-state index is 14.5. The third-order valence-corrected chi connectivity index (χ3v) is 6.77. The lowest BCUT2D eigenvalue weighted by molar-refractivity contribution is -0.141.